The van der Waals surface area contributed by atoms with Crippen molar-refractivity contribution < 1.29 is 9.53 Å². The van der Waals surface area contributed by atoms with E-state index in [4.69, 9.17) is 4.74 Å². The van der Waals surface area contributed by atoms with Gasteiger partial charge < -0.3 is 14.6 Å². The summed E-state index contributed by atoms with van der Waals surface area (Å²) >= 11 is 0. The number of nitrogens with one attached hydrogen (secondary N) is 1. The Hall–Kier alpha value is -1.52. The predicted molar refractivity (Wildman–Crippen MR) is 79.6 cm³/mol. The van der Waals surface area contributed by atoms with Gasteiger partial charge in [-0.3, -0.25) is 0 Å². The van der Waals surface area contributed by atoms with Gasteiger partial charge in [-0.15, -0.1) is 0 Å². The molecule has 0 spiro atoms. The molecule has 1 unspecified atom stereocenters. The van der Waals surface area contributed by atoms with Crippen LogP contribution in [-0.2, 0) is 4.74 Å². The summed E-state index contributed by atoms with van der Waals surface area (Å²) in [6.07, 6.45) is 5.32. The minimum atomic E-state index is -0.487. The molecule has 0 aromatic carbocycles. The van der Waals surface area contributed by atoms with Gasteiger partial charge in [0.2, 0.25) is 0 Å². The Kier molecular flexibility index (Phi) is 5.60. The Balaban J connectivity index is 2.76. The minimum absolute atomic E-state index is 0.132. The van der Waals surface area contributed by atoms with Gasteiger partial charge in [0.05, 0.1) is 24.3 Å². The van der Waals surface area contributed by atoms with Crippen molar-refractivity contribution in [1.29, 1.82) is 0 Å². The van der Waals surface area contributed by atoms with E-state index in [2.05, 4.69) is 28.7 Å². The fourth-order valence-corrected chi connectivity index (χ4v) is 2.20. The Bertz CT molecular complexity index is 431. The van der Waals surface area contributed by atoms with Gasteiger partial charge in [-0.2, -0.15) is 0 Å². The third kappa shape index (κ3) is 4.54. The first kappa shape index (κ1) is 16.5. The highest BCUT2D eigenvalue weighted by Crippen LogP contribution is 2.22. The van der Waals surface area contributed by atoms with Crippen molar-refractivity contribution in [2.75, 3.05) is 0 Å². The summed E-state index contributed by atoms with van der Waals surface area (Å²) in [6, 6.07) is 0.281. The molecule has 1 N–H and O–H groups in total. The van der Waals surface area contributed by atoms with Crippen LogP contribution in [0.5, 0.6) is 0 Å². The summed E-state index contributed by atoms with van der Waals surface area (Å²) in [5, 5.41) is 2.86. The number of carbonyl (C=O) groups excluding carboxylic acids is 1. The fourth-order valence-electron chi connectivity index (χ4n) is 2.20. The smallest absolute Gasteiger partial charge is 0.408 e. The van der Waals surface area contributed by atoms with Crippen LogP contribution >= 0.6 is 0 Å². The van der Waals surface area contributed by atoms with Crippen molar-refractivity contribution in [2.45, 2.75) is 72.1 Å². The Labute approximate surface area is 121 Å². The molecule has 5 nitrogen and oxygen atoms in total. The molecule has 1 atom stereocenters. The highest BCUT2D eigenvalue weighted by molar-refractivity contribution is 5.68. The Morgan fingerprint density at radius 1 is 1.40 bits per heavy atom. The lowest BCUT2D eigenvalue weighted by atomic mass is 10.1. The summed E-state index contributed by atoms with van der Waals surface area (Å²) < 4.78 is 7.42. The van der Waals surface area contributed by atoms with Crippen molar-refractivity contribution >= 4 is 6.09 Å². The summed E-state index contributed by atoms with van der Waals surface area (Å²) in [4.78, 5) is 16.0. The highest BCUT2D eigenvalue weighted by atomic mass is 16.6. The first-order valence-corrected chi connectivity index (χ1v) is 7.29. The average Bonchev–Trinajstić information content (AvgIpc) is 2.77. The molecule has 0 fully saturated rings. The van der Waals surface area contributed by atoms with Gasteiger partial charge in [-0.1, -0.05) is 13.8 Å². The van der Waals surface area contributed by atoms with Crippen LogP contribution in [0.2, 0.25) is 0 Å². The second-order valence-corrected chi connectivity index (χ2v) is 6.06. The van der Waals surface area contributed by atoms with E-state index < -0.39 is 11.7 Å². The van der Waals surface area contributed by atoms with Gasteiger partial charge in [0.15, 0.2) is 0 Å². The van der Waals surface area contributed by atoms with Crippen molar-refractivity contribution in [3.8, 4) is 0 Å². The number of hydrogen-bond acceptors (Lipinski definition) is 3. The summed E-state index contributed by atoms with van der Waals surface area (Å²) in [6.45, 7) is 11.8. The second-order valence-electron chi connectivity index (χ2n) is 6.06. The molecule has 0 radical (unpaired) electrons. The molecule has 0 aliphatic carbocycles. The average molecular weight is 281 g/mol. The molecule has 1 aromatic heterocycles. The fraction of sp³-hybridized carbons (Fsp3) is 0.733. The van der Waals surface area contributed by atoms with E-state index in [0.29, 0.717) is 6.04 Å². The zero-order chi connectivity index (χ0) is 15.3. The maximum Gasteiger partial charge on any atom is 0.408 e. The molecule has 0 aliphatic heterocycles. The van der Waals surface area contributed by atoms with Crippen molar-refractivity contribution in [2.24, 2.45) is 0 Å². The summed E-state index contributed by atoms with van der Waals surface area (Å²) in [5.74, 6) is 0. The Morgan fingerprint density at radius 3 is 2.50 bits per heavy atom. The van der Waals surface area contributed by atoms with Crippen LogP contribution in [0.25, 0.3) is 0 Å². The Morgan fingerprint density at radius 2 is 2.00 bits per heavy atom. The molecule has 1 rings (SSSR count). The van der Waals surface area contributed by atoms with Crippen molar-refractivity contribution in [1.82, 2.24) is 14.9 Å². The van der Waals surface area contributed by atoms with E-state index in [1.807, 2.05) is 34.0 Å². The molecule has 1 aromatic rings. The zero-order valence-electron chi connectivity index (χ0n) is 13.4. The first-order chi connectivity index (χ1) is 9.28. The van der Waals surface area contributed by atoms with Gasteiger partial charge in [0.1, 0.15) is 5.60 Å². The topological polar surface area (TPSA) is 56.2 Å². The maximum absolute atomic E-state index is 11.8. The van der Waals surface area contributed by atoms with Gasteiger partial charge in [0.25, 0.3) is 0 Å². The number of rotatable bonds is 5. The monoisotopic (exact) mass is 281 g/mol. The zero-order valence-corrected chi connectivity index (χ0v) is 13.4. The minimum Gasteiger partial charge on any atom is -0.444 e. The van der Waals surface area contributed by atoms with E-state index in [9.17, 15) is 4.79 Å². The van der Waals surface area contributed by atoms with Crippen LogP contribution in [0.15, 0.2) is 12.5 Å². The molecule has 0 aliphatic rings. The molecule has 1 heterocycles. The molecule has 0 saturated heterocycles. The maximum atomic E-state index is 11.8. The quantitative estimate of drug-likeness (QED) is 0.892. The predicted octanol–water partition coefficient (Wildman–Crippen LogP) is 3.83. The van der Waals surface area contributed by atoms with E-state index in [0.717, 1.165) is 18.5 Å². The lowest BCUT2D eigenvalue weighted by molar-refractivity contribution is 0.0505. The van der Waals surface area contributed by atoms with Gasteiger partial charge in [0, 0.05) is 6.04 Å². The SMILES string of the molecule is CCC(CC)n1cncc1C(C)NC(=O)OC(C)(C)C. The van der Waals surface area contributed by atoms with Crippen LogP contribution in [-0.4, -0.2) is 21.2 Å². The van der Waals surface area contributed by atoms with E-state index in [-0.39, 0.29) is 6.04 Å². The molecule has 0 bridgehead atoms. The summed E-state index contributed by atoms with van der Waals surface area (Å²) in [7, 11) is 0. The van der Waals surface area contributed by atoms with Gasteiger partial charge in [-0.25, -0.2) is 9.78 Å². The van der Waals surface area contributed by atoms with Crippen LogP contribution in [0.3, 0.4) is 0 Å². The van der Waals surface area contributed by atoms with Crippen LogP contribution in [0, 0.1) is 0 Å². The molecular formula is C15H27N3O2. The van der Waals surface area contributed by atoms with Gasteiger partial charge >= 0.3 is 6.09 Å². The lowest BCUT2D eigenvalue weighted by Gasteiger charge is -2.24. The van der Waals surface area contributed by atoms with Crippen molar-refractivity contribution in [3.63, 3.8) is 0 Å². The molecule has 5 heteroatoms. The lowest BCUT2D eigenvalue weighted by Crippen LogP contribution is -2.34. The van der Waals surface area contributed by atoms with Crippen LogP contribution in [0.1, 0.15) is 72.2 Å². The number of nitrogens with zero attached hydrogens (tertiary/aromatic N) is 2. The number of hydrogen-bond donors (Lipinski definition) is 1. The number of alkyl carbamates (subject to hydrolysis) is 1. The second kappa shape index (κ2) is 6.77. The molecule has 1 amide bonds. The molecule has 20 heavy (non-hydrogen) atoms. The summed E-state index contributed by atoms with van der Waals surface area (Å²) in [5.41, 5.74) is 0.518. The van der Waals surface area contributed by atoms with E-state index >= 15 is 0 Å². The third-order valence-electron chi connectivity index (χ3n) is 3.21. The number of aromatic nitrogens is 2. The van der Waals surface area contributed by atoms with Gasteiger partial charge in [-0.05, 0) is 40.5 Å². The highest BCUT2D eigenvalue weighted by Gasteiger charge is 2.21. The van der Waals surface area contributed by atoms with E-state index in [1.54, 1.807) is 6.20 Å². The normalized spacial score (nSPS) is 13.3. The van der Waals surface area contributed by atoms with Crippen molar-refractivity contribution in [3.05, 3.63) is 18.2 Å². The standard InChI is InChI=1S/C15H27N3O2/c1-7-12(8-2)18-10-16-9-13(18)11(3)17-14(19)20-15(4,5)6/h9-12H,7-8H2,1-6H3,(H,17,19). The molecular weight excluding hydrogens is 254 g/mol. The first-order valence-electron chi connectivity index (χ1n) is 7.29. The number of carbonyl (C=O) groups is 1. The third-order valence-corrected chi connectivity index (χ3v) is 3.21. The molecule has 0 saturated carbocycles. The van der Waals surface area contributed by atoms with E-state index in [1.165, 1.54) is 0 Å². The number of amides is 1. The number of imidazole rings is 1. The molecule has 114 valence electrons. The number of ether oxygens (including phenoxy) is 1. The largest absolute Gasteiger partial charge is 0.444 e. The van der Waals surface area contributed by atoms with Crippen LogP contribution < -0.4 is 5.32 Å². The van der Waals surface area contributed by atoms with Crippen LogP contribution in [0.4, 0.5) is 4.79 Å².